The van der Waals surface area contributed by atoms with Crippen molar-refractivity contribution in [3.05, 3.63) is 24.3 Å². The van der Waals surface area contributed by atoms with E-state index in [0.717, 1.165) is 6.42 Å². The number of hydrogen-bond donors (Lipinski definition) is 1. The highest BCUT2D eigenvalue weighted by molar-refractivity contribution is 5.93. The van der Waals surface area contributed by atoms with Gasteiger partial charge in [0.25, 0.3) is 0 Å². The van der Waals surface area contributed by atoms with Crippen LogP contribution in [0.25, 0.3) is 0 Å². The van der Waals surface area contributed by atoms with Crippen molar-refractivity contribution >= 4 is 5.91 Å². The van der Waals surface area contributed by atoms with Crippen molar-refractivity contribution in [3.63, 3.8) is 0 Å². The Hall–Kier alpha value is -1.05. The van der Waals surface area contributed by atoms with Crippen LogP contribution in [0.2, 0.25) is 0 Å². The van der Waals surface area contributed by atoms with E-state index >= 15 is 0 Å². The van der Waals surface area contributed by atoms with E-state index in [-0.39, 0.29) is 0 Å². The van der Waals surface area contributed by atoms with Gasteiger partial charge in [-0.3, -0.25) is 4.79 Å². The molecule has 0 unspecified atom stereocenters. The molecule has 2 N–H and O–H groups in total. The third-order valence-corrected chi connectivity index (χ3v) is 1.61. The van der Waals surface area contributed by atoms with Crippen LogP contribution in [-0.2, 0) is 4.79 Å². The van der Waals surface area contributed by atoms with E-state index in [1.807, 2.05) is 6.08 Å². The first-order chi connectivity index (χ1) is 5.68. The predicted molar refractivity (Wildman–Crippen MR) is 51.6 cm³/mol. The van der Waals surface area contributed by atoms with Gasteiger partial charge in [-0.1, -0.05) is 38.5 Å². The van der Waals surface area contributed by atoms with E-state index in [1.54, 1.807) is 6.08 Å². The Balaban J connectivity index is 3.48. The van der Waals surface area contributed by atoms with Crippen LogP contribution in [0.15, 0.2) is 24.3 Å². The summed E-state index contributed by atoms with van der Waals surface area (Å²) in [4.78, 5) is 10.5. The summed E-state index contributed by atoms with van der Waals surface area (Å²) < 4.78 is 0. The Morgan fingerprint density at radius 3 is 2.67 bits per heavy atom. The average Bonchev–Trinajstić information content (AvgIpc) is 2.03. The standard InChI is InChI=1S/C10H17NO/c1-3-4-5-6-7-8-9(2)10(11)12/h7-8H,2-6H2,1H3,(H2,11,12). The van der Waals surface area contributed by atoms with Gasteiger partial charge in [0, 0.05) is 5.57 Å². The van der Waals surface area contributed by atoms with E-state index in [9.17, 15) is 4.79 Å². The maximum atomic E-state index is 10.5. The number of carbonyl (C=O) groups is 1. The molecule has 0 saturated heterocycles. The summed E-state index contributed by atoms with van der Waals surface area (Å²) in [6, 6.07) is 0. The van der Waals surface area contributed by atoms with Crippen molar-refractivity contribution in [1.29, 1.82) is 0 Å². The van der Waals surface area contributed by atoms with Gasteiger partial charge in [-0.15, -0.1) is 0 Å². The first-order valence-corrected chi connectivity index (χ1v) is 4.33. The van der Waals surface area contributed by atoms with Gasteiger partial charge < -0.3 is 5.73 Å². The van der Waals surface area contributed by atoms with Crippen LogP contribution >= 0.6 is 0 Å². The molecule has 0 spiro atoms. The normalized spacial score (nSPS) is 10.4. The lowest BCUT2D eigenvalue weighted by Gasteiger charge is -1.92. The van der Waals surface area contributed by atoms with Crippen LogP contribution in [0.4, 0.5) is 0 Å². The summed E-state index contributed by atoms with van der Waals surface area (Å²) >= 11 is 0. The van der Waals surface area contributed by atoms with Crippen molar-refractivity contribution in [1.82, 2.24) is 0 Å². The molecule has 0 aliphatic rings. The fourth-order valence-electron chi connectivity index (χ4n) is 0.820. The molecule has 0 saturated carbocycles. The monoisotopic (exact) mass is 167 g/mol. The third kappa shape index (κ3) is 5.71. The van der Waals surface area contributed by atoms with Gasteiger partial charge >= 0.3 is 0 Å². The van der Waals surface area contributed by atoms with Crippen LogP contribution in [0, 0.1) is 0 Å². The fourth-order valence-corrected chi connectivity index (χ4v) is 0.820. The number of amides is 1. The summed E-state index contributed by atoms with van der Waals surface area (Å²) in [7, 11) is 0. The predicted octanol–water partition coefficient (Wildman–Crippen LogP) is 2.16. The van der Waals surface area contributed by atoms with Crippen molar-refractivity contribution in [3.8, 4) is 0 Å². The number of hydrogen-bond acceptors (Lipinski definition) is 1. The fraction of sp³-hybridized carbons (Fsp3) is 0.500. The smallest absolute Gasteiger partial charge is 0.248 e. The third-order valence-electron chi connectivity index (χ3n) is 1.61. The molecule has 2 nitrogen and oxygen atoms in total. The molecule has 0 fully saturated rings. The second-order valence-electron chi connectivity index (χ2n) is 2.79. The zero-order valence-electron chi connectivity index (χ0n) is 7.68. The molecule has 0 rings (SSSR count). The van der Waals surface area contributed by atoms with Crippen molar-refractivity contribution in [2.75, 3.05) is 0 Å². The summed E-state index contributed by atoms with van der Waals surface area (Å²) in [5.74, 6) is -0.443. The second kappa shape index (κ2) is 6.65. The molecule has 68 valence electrons. The second-order valence-corrected chi connectivity index (χ2v) is 2.79. The summed E-state index contributed by atoms with van der Waals surface area (Å²) in [5, 5.41) is 0. The Morgan fingerprint density at radius 2 is 2.17 bits per heavy atom. The maximum Gasteiger partial charge on any atom is 0.248 e. The highest BCUT2D eigenvalue weighted by Gasteiger charge is 1.93. The van der Waals surface area contributed by atoms with Crippen LogP contribution < -0.4 is 5.73 Å². The van der Waals surface area contributed by atoms with Crippen molar-refractivity contribution < 1.29 is 4.79 Å². The van der Waals surface area contributed by atoms with Gasteiger partial charge in [0.05, 0.1) is 0 Å². The maximum absolute atomic E-state index is 10.5. The largest absolute Gasteiger partial charge is 0.366 e. The van der Waals surface area contributed by atoms with E-state index in [4.69, 9.17) is 5.73 Å². The van der Waals surface area contributed by atoms with E-state index < -0.39 is 5.91 Å². The van der Waals surface area contributed by atoms with Gasteiger partial charge in [-0.2, -0.15) is 0 Å². The number of unbranched alkanes of at least 4 members (excludes halogenated alkanes) is 3. The minimum Gasteiger partial charge on any atom is -0.366 e. The molecule has 0 aromatic heterocycles. The minimum absolute atomic E-state index is 0.381. The molecule has 0 aliphatic heterocycles. The van der Waals surface area contributed by atoms with Gasteiger partial charge in [0.2, 0.25) is 5.91 Å². The molecular formula is C10H17NO. The van der Waals surface area contributed by atoms with Gasteiger partial charge in [0.1, 0.15) is 0 Å². The topological polar surface area (TPSA) is 43.1 Å². The Bertz CT molecular complexity index is 182. The molecule has 12 heavy (non-hydrogen) atoms. The first-order valence-electron chi connectivity index (χ1n) is 4.33. The molecule has 0 heterocycles. The van der Waals surface area contributed by atoms with Gasteiger partial charge in [-0.25, -0.2) is 0 Å². The number of allylic oxidation sites excluding steroid dienone is 1. The van der Waals surface area contributed by atoms with Gasteiger partial charge in [-0.05, 0) is 12.8 Å². The van der Waals surface area contributed by atoms with Gasteiger partial charge in [0.15, 0.2) is 0 Å². The van der Waals surface area contributed by atoms with Crippen LogP contribution in [0.5, 0.6) is 0 Å². The lowest BCUT2D eigenvalue weighted by atomic mass is 10.2. The van der Waals surface area contributed by atoms with Crippen LogP contribution in [-0.4, -0.2) is 5.91 Å². The summed E-state index contributed by atoms with van der Waals surface area (Å²) in [6.45, 7) is 5.67. The summed E-state index contributed by atoms with van der Waals surface area (Å²) in [5.41, 5.74) is 5.37. The molecule has 0 aliphatic carbocycles. The molecule has 0 aromatic carbocycles. The molecule has 0 radical (unpaired) electrons. The number of nitrogens with two attached hydrogens (primary N) is 1. The van der Waals surface area contributed by atoms with Crippen LogP contribution in [0.3, 0.4) is 0 Å². The lowest BCUT2D eigenvalue weighted by molar-refractivity contribution is -0.114. The molecular weight excluding hydrogens is 150 g/mol. The average molecular weight is 167 g/mol. The molecule has 2 heteroatoms. The lowest BCUT2D eigenvalue weighted by Crippen LogP contribution is -2.11. The van der Waals surface area contributed by atoms with E-state index in [1.165, 1.54) is 19.3 Å². The number of carbonyl (C=O) groups excluding carboxylic acids is 1. The molecule has 0 aromatic rings. The van der Waals surface area contributed by atoms with E-state index in [0.29, 0.717) is 5.57 Å². The SMILES string of the molecule is C=C(C=CCCCCC)C(N)=O. The quantitative estimate of drug-likeness (QED) is 0.367. The first kappa shape index (κ1) is 11.0. The zero-order valence-corrected chi connectivity index (χ0v) is 7.68. The van der Waals surface area contributed by atoms with Crippen molar-refractivity contribution in [2.24, 2.45) is 5.73 Å². The number of rotatable bonds is 6. The minimum atomic E-state index is -0.443. The Morgan fingerprint density at radius 1 is 1.50 bits per heavy atom. The number of primary amides is 1. The van der Waals surface area contributed by atoms with Crippen LogP contribution in [0.1, 0.15) is 32.6 Å². The molecule has 0 bridgehead atoms. The molecule has 0 atom stereocenters. The highest BCUT2D eigenvalue weighted by Crippen LogP contribution is 2.01. The van der Waals surface area contributed by atoms with Crippen molar-refractivity contribution in [2.45, 2.75) is 32.6 Å². The Labute approximate surface area is 74.1 Å². The molecule has 1 amide bonds. The highest BCUT2D eigenvalue weighted by atomic mass is 16.1. The Kier molecular flexibility index (Phi) is 6.07. The summed E-state index contributed by atoms with van der Waals surface area (Å²) in [6.07, 6.45) is 8.25. The van der Waals surface area contributed by atoms with E-state index in [2.05, 4.69) is 13.5 Å². The zero-order chi connectivity index (χ0) is 9.40.